The lowest BCUT2D eigenvalue weighted by Gasteiger charge is -2.13. The lowest BCUT2D eigenvalue weighted by molar-refractivity contribution is -0.0756. The van der Waals surface area contributed by atoms with Crippen molar-refractivity contribution in [2.24, 2.45) is 0 Å². The summed E-state index contributed by atoms with van der Waals surface area (Å²) in [6.45, 7) is 2.24. The number of hydrogen-bond acceptors (Lipinski definition) is 2. The van der Waals surface area contributed by atoms with Crippen LogP contribution in [0.2, 0.25) is 0 Å². The highest BCUT2D eigenvalue weighted by Gasteiger charge is 2.09. The van der Waals surface area contributed by atoms with Gasteiger partial charge in [0.05, 0.1) is 7.11 Å². The summed E-state index contributed by atoms with van der Waals surface area (Å²) in [7, 11) is 3.09. The van der Waals surface area contributed by atoms with Crippen LogP contribution < -0.4 is 0 Å². The number of allylic oxidation sites excluding steroid dienone is 1. The van der Waals surface area contributed by atoms with E-state index in [2.05, 4.69) is 19.1 Å². The van der Waals surface area contributed by atoms with E-state index in [0.29, 0.717) is 5.56 Å². The summed E-state index contributed by atoms with van der Waals surface area (Å²) in [5.41, 5.74) is 1.76. The Labute approximate surface area is 134 Å². The van der Waals surface area contributed by atoms with E-state index in [1.807, 2.05) is 24.3 Å². The SMILES string of the molecule is CCCCCCCCC=Cc1ccc(C(=O)N(C)OC)cc1. The molecule has 0 unspecified atom stereocenters. The lowest BCUT2D eigenvalue weighted by atomic mass is 10.1. The van der Waals surface area contributed by atoms with Gasteiger partial charge in [-0.2, -0.15) is 0 Å². The minimum Gasteiger partial charge on any atom is -0.274 e. The van der Waals surface area contributed by atoms with E-state index >= 15 is 0 Å². The van der Waals surface area contributed by atoms with Gasteiger partial charge in [0.15, 0.2) is 0 Å². The van der Waals surface area contributed by atoms with Gasteiger partial charge in [0.25, 0.3) is 5.91 Å². The van der Waals surface area contributed by atoms with E-state index in [1.165, 1.54) is 50.7 Å². The molecule has 0 aliphatic heterocycles. The molecule has 1 amide bonds. The molecule has 1 aromatic rings. The topological polar surface area (TPSA) is 29.5 Å². The predicted molar refractivity (Wildman–Crippen MR) is 92.6 cm³/mol. The molecule has 0 atom stereocenters. The van der Waals surface area contributed by atoms with Crippen molar-refractivity contribution >= 4 is 12.0 Å². The number of benzene rings is 1. The van der Waals surface area contributed by atoms with Gasteiger partial charge in [-0.15, -0.1) is 0 Å². The number of unbranched alkanes of at least 4 members (excludes halogenated alkanes) is 6. The summed E-state index contributed by atoms with van der Waals surface area (Å²) in [5, 5.41) is 1.23. The maximum atomic E-state index is 11.9. The van der Waals surface area contributed by atoms with Crippen molar-refractivity contribution in [3.8, 4) is 0 Å². The van der Waals surface area contributed by atoms with E-state index in [9.17, 15) is 4.79 Å². The molecule has 22 heavy (non-hydrogen) atoms. The number of hydrogen-bond donors (Lipinski definition) is 0. The molecule has 3 heteroatoms. The third kappa shape index (κ3) is 6.90. The fourth-order valence-corrected chi connectivity index (χ4v) is 2.26. The Bertz CT molecular complexity index is 451. The molecule has 1 rings (SSSR count). The number of carbonyl (C=O) groups excluding carboxylic acids is 1. The molecule has 0 heterocycles. The number of carbonyl (C=O) groups is 1. The zero-order valence-electron chi connectivity index (χ0n) is 14.2. The Morgan fingerprint density at radius 1 is 1.09 bits per heavy atom. The molecule has 0 aromatic heterocycles. The fourth-order valence-electron chi connectivity index (χ4n) is 2.26. The fraction of sp³-hybridized carbons (Fsp3) is 0.526. The summed E-state index contributed by atoms with van der Waals surface area (Å²) >= 11 is 0. The van der Waals surface area contributed by atoms with Gasteiger partial charge in [0.1, 0.15) is 0 Å². The largest absolute Gasteiger partial charge is 0.277 e. The van der Waals surface area contributed by atoms with Crippen molar-refractivity contribution in [2.75, 3.05) is 14.2 Å². The minimum atomic E-state index is -0.134. The van der Waals surface area contributed by atoms with Gasteiger partial charge < -0.3 is 0 Å². The predicted octanol–water partition coefficient (Wildman–Crippen LogP) is 5.08. The number of hydroxylamine groups is 2. The van der Waals surface area contributed by atoms with E-state index in [-0.39, 0.29) is 5.91 Å². The van der Waals surface area contributed by atoms with Gasteiger partial charge in [0.2, 0.25) is 0 Å². The lowest BCUT2D eigenvalue weighted by Crippen LogP contribution is -2.25. The van der Waals surface area contributed by atoms with Crippen LogP contribution in [-0.2, 0) is 4.84 Å². The zero-order valence-corrected chi connectivity index (χ0v) is 14.2. The Hall–Kier alpha value is -1.61. The van der Waals surface area contributed by atoms with Crippen LogP contribution in [0.15, 0.2) is 30.3 Å². The van der Waals surface area contributed by atoms with Crippen LogP contribution in [0.25, 0.3) is 6.08 Å². The van der Waals surface area contributed by atoms with E-state index in [0.717, 1.165) is 12.0 Å². The number of rotatable bonds is 10. The first-order valence-corrected chi connectivity index (χ1v) is 8.27. The van der Waals surface area contributed by atoms with Crippen LogP contribution >= 0.6 is 0 Å². The molecule has 122 valence electrons. The highest BCUT2D eigenvalue weighted by molar-refractivity contribution is 5.93. The molecule has 3 nitrogen and oxygen atoms in total. The molecule has 0 aliphatic carbocycles. The molecule has 1 aromatic carbocycles. The Morgan fingerprint density at radius 2 is 1.73 bits per heavy atom. The molecule has 0 aliphatic rings. The molecular weight excluding hydrogens is 274 g/mol. The minimum absolute atomic E-state index is 0.134. The van der Waals surface area contributed by atoms with Crippen molar-refractivity contribution in [1.82, 2.24) is 5.06 Å². The third-order valence-corrected chi connectivity index (χ3v) is 3.75. The van der Waals surface area contributed by atoms with Crippen LogP contribution in [0.3, 0.4) is 0 Å². The standard InChI is InChI=1S/C19H29NO2/c1-4-5-6-7-8-9-10-11-12-17-13-15-18(16-14-17)19(21)20(2)22-3/h11-16H,4-10H2,1-3H3. The summed E-state index contributed by atoms with van der Waals surface area (Å²) in [6, 6.07) is 7.60. The molecule has 0 fully saturated rings. The number of nitrogens with zero attached hydrogens (tertiary/aromatic N) is 1. The van der Waals surface area contributed by atoms with Crippen molar-refractivity contribution in [1.29, 1.82) is 0 Å². The van der Waals surface area contributed by atoms with E-state index in [1.54, 1.807) is 7.05 Å². The second-order valence-corrected chi connectivity index (χ2v) is 5.57. The van der Waals surface area contributed by atoms with Crippen molar-refractivity contribution < 1.29 is 9.63 Å². The Kier molecular flexibility index (Phi) is 9.24. The molecule has 0 N–H and O–H groups in total. The molecule has 0 saturated heterocycles. The van der Waals surface area contributed by atoms with Gasteiger partial charge >= 0.3 is 0 Å². The summed E-state index contributed by atoms with van der Waals surface area (Å²) in [4.78, 5) is 16.8. The van der Waals surface area contributed by atoms with Gasteiger partial charge in [0, 0.05) is 12.6 Å². The molecule has 0 radical (unpaired) electrons. The summed E-state index contributed by atoms with van der Waals surface area (Å²) < 4.78 is 0. The first kappa shape index (κ1) is 18.4. The first-order valence-electron chi connectivity index (χ1n) is 8.27. The quantitative estimate of drug-likeness (QED) is 0.445. The summed E-state index contributed by atoms with van der Waals surface area (Å²) in [5.74, 6) is -0.134. The monoisotopic (exact) mass is 303 g/mol. The molecule has 0 saturated carbocycles. The normalized spacial score (nSPS) is 11.0. The average Bonchev–Trinajstić information content (AvgIpc) is 2.56. The zero-order chi connectivity index (χ0) is 16.2. The smallest absolute Gasteiger partial charge is 0.274 e. The van der Waals surface area contributed by atoms with Crippen LogP contribution in [0.1, 0.15) is 67.8 Å². The Balaban J connectivity index is 2.32. The highest BCUT2D eigenvalue weighted by atomic mass is 16.7. The van der Waals surface area contributed by atoms with Crippen LogP contribution in [0, 0.1) is 0 Å². The number of amides is 1. The first-order chi connectivity index (χ1) is 10.7. The second kappa shape index (κ2) is 11.0. The summed E-state index contributed by atoms with van der Waals surface area (Å²) in [6.07, 6.45) is 13.4. The van der Waals surface area contributed by atoms with Gasteiger partial charge in [-0.05, 0) is 30.5 Å². The highest BCUT2D eigenvalue weighted by Crippen LogP contribution is 2.11. The van der Waals surface area contributed by atoms with Gasteiger partial charge in [-0.25, -0.2) is 5.06 Å². The molecular formula is C19H29NO2. The van der Waals surface area contributed by atoms with Gasteiger partial charge in [-0.1, -0.05) is 63.3 Å². The van der Waals surface area contributed by atoms with Crippen LogP contribution in [0.5, 0.6) is 0 Å². The Morgan fingerprint density at radius 3 is 2.36 bits per heavy atom. The van der Waals surface area contributed by atoms with Crippen LogP contribution in [-0.4, -0.2) is 25.1 Å². The van der Waals surface area contributed by atoms with Gasteiger partial charge in [-0.3, -0.25) is 9.63 Å². The average molecular weight is 303 g/mol. The van der Waals surface area contributed by atoms with E-state index in [4.69, 9.17) is 4.84 Å². The molecule has 0 bridgehead atoms. The maximum Gasteiger partial charge on any atom is 0.277 e. The van der Waals surface area contributed by atoms with Crippen molar-refractivity contribution in [3.05, 3.63) is 41.5 Å². The van der Waals surface area contributed by atoms with Crippen molar-refractivity contribution in [3.63, 3.8) is 0 Å². The van der Waals surface area contributed by atoms with Crippen LogP contribution in [0.4, 0.5) is 0 Å². The third-order valence-electron chi connectivity index (χ3n) is 3.75. The second-order valence-electron chi connectivity index (χ2n) is 5.57. The molecule has 0 spiro atoms. The van der Waals surface area contributed by atoms with Crippen molar-refractivity contribution in [2.45, 2.75) is 51.9 Å². The van der Waals surface area contributed by atoms with E-state index < -0.39 is 0 Å². The maximum absolute atomic E-state index is 11.9.